The lowest BCUT2D eigenvalue weighted by molar-refractivity contribution is 0.0945. The molecule has 2 aliphatic rings. The van der Waals surface area contributed by atoms with Gasteiger partial charge in [0.2, 0.25) is 0 Å². The Bertz CT molecular complexity index is 422. The van der Waals surface area contributed by atoms with Crippen LogP contribution in [0.5, 0.6) is 5.75 Å². The lowest BCUT2D eigenvalue weighted by atomic mass is 9.94. The summed E-state index contributed by atoms with van der Waals surface area (Å²) in [7, 11) is 0. The third-order valence-electron chi connectivity index (χ3n) is 3.32. The van der Waals surface area contributed by atoms with E-state index in [1.54, 1.807) is 0 Å². The zero-order valence-corrected chi connectivity index (χ0v) is 9.82. The average Bonchev–Trinajstić information content (AvgIpc) is 3.07. The van der Waals surface area contributed by atoms with Gasteiger partial charge in [0.1, 0.15) is 5.75 Å². The van der Waals surface area contributed by atoms with E-state index < -0.39 is 0 Å². The number of rotatable bonds is 5. The van der Waals surface area contributed by atoms with Gasteiger partial charge >= 0.3 is 0 Å². The van der Waals surface area contributed by atoms with Crippen LogP contribution in [0.1, 0.15) is 29.6 Å². The van der Waals surface area contributed by atoms with E-state index in [4.69, 9.17) is 4.74 Å². The topological polar surface area (TPSA) is 38.3 Å². The molecule has 17 heavy (non-hydrogen) atoms. The molecule has 90 valence electrons. The average molecular weight is 231 g/mol. The van der Waals surface area contributed by atoms with Gasteiger partial charge in [-0.3, -0.25) is 4.79 Å². The summed E-state index contributed by atoms with van der Waals surface area (Å²) >= 11 is 0. The second-order valence-electron chi connectivity index (χ2n) is 5.00. The number of ether oxygens (including phenoxy) is 1. The molecule has 1 saturated heterocycles. The van der Waals surface area contributed by atoms with E-state index in [2.05, 4.69) is 5.32 Å². The molecule has 1 aromatic carbocycles. The number of ketones is 1. The fraction of sp³-hybridized carbons (Fsp3) is 0.500. The first kappa shape index (κ1) is 10.8. The predicted molar refractivity (Wildman–Crippen MR) is 65.4 cm³/mol. The summed E-state index contributed by atoms with van der Waals surface area (Å²) in [6, 6.07) is 7.60. The molecular weight excluding hydrogens is 214 g/mol. The Kier molecular flexibility index (Phi) is 2.85. The van der Waals surface area contributed by atoms with Gasteiger partial charge in [0, 0.05) is 12.0 Å². The maximum absolute atomic E-state index is 12.0. The lowest BCUT2D eigenvalue weighted by Gasteiger charge is -2.26. The molecule has 3 nitrogen and oxygen atoms in total. The molecule has 0 atom stereocenters. The Hall–Kier alpha value is -1.35. The Morgan fingerprint density at radius 1 is 1.35 bits per heavy atom. The SMILES string of the molecule is O=C(CC1CNC1)c1cccc(OC2CC2)c1. The lowest BCUT2D eigenvalue weighted by Crippen LogP contribution is -2.42. The van der Waals surface area contributed by atoms with Gasteiger partial charge in [-0.15, -0.1) is 0 Å². The smallest absolute Gasteiger partial charge is 0.163 e. The fourth-order valence-electron chi connectivity index (χ4n) is 1.99. The molecule has 0 aromatic heterocycles. The minimum atomic E-state index is 0.234. The molecule has 0 amide bonds. The zero-order valence-electron chi connectivity index (χ0n) is 9.82. The summed E-state index contributed by atoms with van der Waals surface area (Å²) in [6.45, 7) is 1.95. The van der Waals surface area contributed by atoms with Crippen LogP contribution in [0.3, 0.4) is 0 Å². The van der Waals surface area contributed by atoms with Crippen LogP contribution in [-0.4, -0.2) is 25.0 Å². The quantitative estimate of drug-likeness (QED) is 0.788. The summed E-state index contributed by atoms with van der Waals surface area (Å²) < 4.78 is 5.70. The van der Waals surface area contributed by atoms with Crippen molar-refractivity contribution in [3.63, 3.8) is 0 Å². The fourth-order valence-corrected chi connectivity index (χ4v) is 1.99. The minimum Gasteiger partial charge on any atom is -0.490 e. The van der Waals surface area contributed by atoms with Crippen molar-refractivity contribution in [3.8, 4) is 5.75 Å². The predicted octanol–water partition coefficient (Wildman–Crippen LogP) is 2.02. The number of hydrogen-bond acceptors (Lipinski definition) is 3. The summed E-state index contributed by atoms with van der Waals surface area (Å²) in [4.78, 5) is 12.0. The van der Waals surface area contributed by atoms with Crippen LogP contribution in [0.25, 0.3) is 0 Å². The van der Waals surface area contributed by atoms with Crippen LogP contribution in [0.2, 0.25) is 0 Å². The molecular formula is C14H17NO2. The normalized spacial score (nSPS) is 19.8. The summed E-state index contributed by atoms with van der Waals surface area (Å²) in [5.74, 6) is 1.60. The molecule has 3 rings (SSSR count). The largest absolute Gasteiger partial charge is 0.490 e. The Balaban J connectivity index is 1.65. The van der Waals surface area contributed by atoms with Gasteiger partial charge < -0.3 is 10.1 Å². The molecule has 3 heteroatoms. The van der Waals surface area contributed by atoms with Gasteiger partial charge in [-0.1, -0.05) is 12.1 Å². The van der Waals surface area contributed by atoms with Crippen LogP contribution in [-0.2, 0) is 0 Å². The van der Waals surface area contributed by atoms with Gasteiger partial charge in [-0.2, -0.15) is 0 Å². The zero-order chi connectivity index (χ0) is 11.7. The second kappa shape index (κ2) is 4.49. The van der Waals surface area contributed by atoms with Crippen molar-refractivity contribution < 1.29 is 9.53 Å². The van der Waals surface area contributed by atoms with E-state index in [1.807, 2.05) is 24.3 Å². The summed E-state index contributed by atoms with van der Waals surface area (Å²) in [5, 5.41) is 3.19. The number of benzene rings is 1. The third-order valence-corrected chi connectivity index (χ3v) is 3.32. The van der Waals surface area contributed by atoms with Crippen molar-refractivity contribution in [2.75, 3.05) is 13.1 Å². The number of hydrogen-bond donors (Lipinski definition) is 1. The molecule has 1 saturated carbocycles. The minimum absolute atomic E-state index is 0.234. The molecule has 0 unspecified atom stereocenters. The Morgan fingerprint density at radius 2 is 2.18 bits per heavy atom. The Morgan fingerprint density at radius 3 is 2.82 bits per heavy atom. The van der Waals surface area contributed by atoms with Crippen molar-refractivity contribution >= 4 is 5.78 Å². The van der Waals surface area contributed by atoms with Crippen LogP contribution in [0.4, 0.5) is 0 Å². The molecule has 2 fully saturated rings. The highest BCUT2D eigenvalue weighted by Gasteiger charge is 2.24. The van der Waals surface area contributed by atoms with Crippen molar-refractivity contribution in [1.82, 2.24) is 5.32 Å². The molecule has 0 bridgehead atoms. The standard InChI is InChI=1S/C14H17NO2/c16-14(6-10-8-15-9-10)11-2-1-3-13(7-11)17-12-4-5-12/h1-3,7,10,12,15H,4-6,8-9H2. The number of Topliss-reactive ketones (excluding diaryl/α,β-unsaturated/α-hetero) is 1. The van der Waals surface area contributed by atoms with Crippen LogP contribution < -0.4 is 10.1 Å². The van der Waals surface area contributed by atoms with Crippen LogP contribution in [0.15, 0.2) is 24.3 Å². The highest BCUT2D eigenvalue weighted by atomic mass is 16.5. The summed E-state index contributed by atoms with van der Waals surface area (Å²) in [6.07, 6.45) is 3.33. The Labute approximate surface area is 101 Å². The number of nitrogens with one attached hydrogen (secondary N) is 1. The van der Waals surface area contributed by atoms with E-state index in [9.17, 15) is 4.79 Å². The first-order valence-electron chi connectivity index (χ1n) is 6.32. The van der Waals surface area contributed by atoms with Crippen LogP contribution >= 0.6 is 0 Å². The van der Waals surface area contributed by atoms with Gasteiger partial charge in [-0.05, 0) is 44.0 Å². The molecule has 1 aliphatic heterocycles. The van der Waals surface area contributed by atoms with Gasteiger partial charge in [0.15, 0.2) is 5.78 Å². The molecule has 1 aliphatic carbocycles. The van der Waals surface area contributed by atoms with Crippen molar-refractivity contribution in [2.45, 2.75) is 25.4 Å². The van der Waals surface area contributed by atoms with Crippen molar-refractivity contribution in [1.29, 1.82) is 0 Å². The molecule has 0 radical (unpaired) electrons. The highest BCUT2D eigenvalue weighted by molar-refractivity contribution is 5.96. The first-order valence-corrected chi connectivity index (χ1v) is 6.32. The van der Waals surface area contributed by atoms with Gasteiger partial charge in [-0.25, -0.2) is 0 Å². The van der Waals surface area contributed by atoms with E-state index >= 15 is 0 Å². The van der Waals surface area contributed by atoms with E-state index in [1.165, 1.54) is 0 Å². The number of carbonyl (C=O) groups is 1. The van der Waals surface area contributed by atoms with E-state index in [0.29, 0.717) is 18.4 Å². The first-order chi connectivity index (χ1) is 8.31. The highest BCUT2D eigenvalue weighted by Crippen LogP contribution is 2.27. The maximum atomic E-state index is 12.0. The maximum Gasteiger partial charge on any atom is 0.163 e. The monoisotopic (exact) mass is 231 g/mol. The number of carbonyl (C=O) groups excluding carboxylic acids is 1. The van der Waals surface area contributed by atoms with Crippen molar-refractivity contribution in [2.24, 2.45) is 5.92 Å². The molecule has 1 heterocycles. The third kappa shape index (κ3) is 2.67. The van der Waals surface area contributed by atoms with Gasteiger partial charge in [0.25, 0.3) is 0 Å². The van der Waals surface area contributed by atoms with Crippen molar-refractivity contribution in [3.05, 3.63) is 29.8 Å². The molecule has 1 N–H and O–H groups in total. The van der Waals surface area contributed by atoms with Crippen LogP contribution in [0, 0.1) is 5.92 Å². The molecule has 1 aromatic rings. The van der Waals surface area contributed by atoms with E-state index in [0.717, 1.165) is 37.2 Å². The van der Waals surface area contributed by atoms with E-state index in [-0.39, 0.29) is 5.78 Å². The summed E-state index contributed by atoms with van der Waals surface area (Å²) in [5.41, 5.74) is 0.787. The molecule has 0 spiro atoms. The van der Waals surface area contributed by atoms with Gasteiger partial charge in [0.05, 0.1) is 6.10 Å². The second-order valence-corrected chi connectivity index (χ2v) is 5.00.